The van der Waals surface area contributed by atoms with Crippen molar-refractivity contribution in [1.29, 1.82) is 0 Å². The number of aryl methyl sites for hydroxylation is 3. The van der Waals surface area contributed by atoms with Crippen LogP contribution in [0.15, 0.2) is 48.9 Å². The minimum atomic E-state index is -1.25. The molecule has 1 aromatic carbocycles. The van der Waals surface area contributed by atoms with Crippen molar-refractivity contribution in [2.45, 2.75) is 45.0 Å². The Hall–Kier alpha value is -5.11. The van der Waals surface area contributed by atoms with Gasteiger partial charge >= 0.3 is 0 Å². The topological polar surface area (TPSA) is 151 Å². The average molecular weight is 612 g/mol. The fraction of sp³-hybridized carbons (Fsp3) is 0.355. The number of anilines is 4. The number of benzene rings is 1. The number of halogens is 1. The number of nitrogens with zero attached hydrogens (tertiary/aromatic N) is 7. The summed E-state index contributed by atoms with van der Waals surface area (Å²) in [7, 11) is 1.88. The summed E-state index contributed by atoms with van der Waals surface area (Å²) >= 11 is 0. The van der Waals surface area contributed by atoms with Gasteiger partial charge in [-0.15, -0.1) is 0 Å². The molecule has 2 fully saturated rings. The minimum absolute atomic E-state index is 0.0233. The summed E-state index contributed by atoms with van der Waals surface area (Å²) in [5.41, 5.74) is 4.93. The van der Waals surface area contributed by atoms with Gasteiger partial charge in [0.15, 0.2) is 12.0 Å². The highest BCUT2D eigenvalue weighted by Crippen LogP contribution is 2.33. The third kappa shape index (κ3) is 6.27. The number of hydrogen-bond acceptors (Lipinski definition) is 10. The first-order chi connectivity index (χ1) is 21.8. The molecule has 1 saturated heterocycles. The summed E-state index contributed by atoms with van der Waals surface area (Å²) in [5.74, 6) is 1.64. The summed E-state index contributed by atoms with van der Waals surface area (Å²) in [6, 6.07) is 9.63. The van der Waals surface area contributed by atoms with Crippen molar-refractivity contribution in [3.05, 3.63) is 60.2 Å². The number of carbonyl (C=O) groups is 1. The predicted molar refractivity (Wildman–Crippen MR) is 168 cm³/mol. The monoisotopic (exact) mass is 611 g/mol. The third-order valence-corrected chi connectivity index (χ3v) is 8.02. The fourth-order valence-electron chi connectivity index (χ4n) is 5.45. The Morgan fingerprint density at radius 1 is 1.13 bits per heavy atom. The van der Waals surface area contributed by atoms with E-state index in [-0.39, 0.29) is 25.5 Å². The van der Waals surface area contributed by atoms with E-state index >= 15 is 0 Å². The van der Waals surface area contributed by atoms with Crippen LogP contribution in [-0.4, -0.2) is 83.5 Å². The lowest BCUT2D eigenvalue weighted by molar-refractivity contribution is -0.117. The zero-order valence-electron chi connectivity index (χ0n) is 25.2. The van der Waals surface area contributed by atoms with Gasteiger partial charge in [0.25, 0.3) is 0 Å². The zero-order valence-corrected chi connectivity index (χ0v) is 25.2. The lowest BCUT2D eigenvalue weighted by Gasteiger charge is -2.16. The van der Waals surface area contributed by atoms with Crippen molar-refractivity contribution >= 4 is 40.2 Å². The Labute approximate surface area is 258 Å². The van der Waals surface area contributed by atoms with E-state index in [0.717, 1.165) is 46.3 Å². The normalized spacial score (nSPS) is 18.3. The number of nitrogens with one attached hydrogen (secondary N) is 4. The maximum Gasteiger partial charge on any atom is 0.238 e. The van der Waals surface area contributed by atoms with Crippen LogP contribution in [0.3, 0.4) is 0 Å². The highest BCUT2D eigenvalue weighted by molar-refractivity contribution is 6.06. The number of rotatable bonds is 10. The van der Waals surface area contributed by atoms with Crippen LogP contribution in [0.1, 0.15) is 24.1 Å². The van der Waals surface area contributed by atoms with E-state index in [0.29, 0.717) is 35.3 Å². The standard InChI is InChI=1S/C31H34FN11O2/c1-17-12-35-31(38-25-11-18(2)42(3)41-25)40-28(17)21-13-34-29-20(21)5-4-6-23(29)37-26(44)16-43-14-22(32)24(15-43)45-27-9-10-33-30(39-27)36-19-7-8-19/h4-6,9-13,19,22,24,34H,7-8,14-16H2,1-3H3,(H,37,44)(H,33,36,39)(H,35,38,40,41)/t22-,24+/m0/s1. The molecule has 0 radical (unpaired) electrons. The molecule has 14 heteroatoms. The first-order valence-corrected chi connectivity index (χ1v) is 14.9. The van der Waals surface area contributed by atoms with Crippen molar-refractivity contribution in [2.75, 3.05) is 35.6 Å². The molecule has 2 aliphatic rings. The van der Waals surface area contributed by atoms with Crippen LogP contribution in [0, 0.1) is 13.8 Å². The fourth-order valence-corrected chi connectivity index (χ4v) is 5.45. The Morgan fingerprint density at radius 2 is 2.00 bits per heavy atom. The Balaban J connectivity index is 1.02. The summed E-state index contributed by atoms with van der Waals surface area (Å²) in [5, 5.41) is 14.7. The van der Waals surface area contributed by atoms with Gasteiger partial charge in [-0.25, -0.2) is 19.3 Å². The number of aromatic amines is 1. The van der Waals surface area contributed by atoms with E-state index in [1.54, 1.807) is 28.0 Å². The summed E-state index contributed by atoms with van der Waals surface area (Å²) in [6.45, 7) is 4.31. The van der Waals surface area contributed by atoms with Gasteiger partial charge in [0, 0.05) is 73.5 Å². The van der Waals surface area contributed by atoms with E-state index in [2.05, 4.69) is 41.0 Å². The van der Waals surface area contributed by atoms with Crippen LogP contribution >= 0.6 is 0 Å². The molecule has 1 amide bonds. The molecule has 13 nitrogen and oxygen atoms in total. The second-order valence-electron chi connectivity index (χ2n) is 11.6. The van der Waals surface area contributed by atoms with Crippen molar-refractivity contribution in [3.63, 3.8) is 0 Å². The number of hydrogen-bond donors (Lipinski definition) is 4. The molecule has 232 valence electrons. The number of alkyl halides is 1. The number of H-pyrrole nitrogens is 1. The van der Waals surface area contributed by atoms with E-state index in [9.17, 15) is 9.18 Å². The van der Waals surface area contributed by atoms with Crippen molar-refractivity contribution in [1.82, 2.24) is 39.6 Å². The SMILES string of the molecule is Cc1cnc(Nc2cc(C)n(C)n2)nc1-c1c[nH]c2c(NC(=O)CN3C[C@H](F)[C@H](Oc4ccnc(NC5CC5)n4)C3)cccc12. The Morgan fingerprint density at radius 3 is 2.80 bits per heavy atom. The number of amides is 1. The highest BCUT2D eigenvalue weighted by atomic mass is 19.1. The molecular weight excluding hydrogens is 577 g/mol. The molecule has 4 aromatic heterocycles. The molecule has 0 bridgehead atoms. The zero-order chi connectivity index (χ0) is 31.1. The van der Waals surface area contributed by atoms with E-state index in [4.69, 9.17) is 9.72 Å². The molecule has 1 aliphatic carbocycles. The summed E-state index contributed by atoms with van der Waals surface area (Å²) < 4.78 is 22.5. The molecule has 0 spiro atoms. The van der Waals surface area contributed by atoms with Crippen molar-refractivity contribution < 1.29 is 13.9 Å². The summed E-state index contributed by atoms with van der Waals surface area (Å²) in [6.07, 6.45) is 5.44. The molecule has 4 N–H and O–H groups in total. The van der Waals surface area contributed by atoms with Gasteiger partial charge in [-0.2, -0.15) is 10.1 Å². The lowest BCUT2D eigenvalue weighted by Crippen LogP contribution is -2.33. The number of carbonyl (C=O) groups excluding carboxylic acids is 1. The van der Waals surface area contributed by atoms with Crippen molar-refractivity contribution in [3.8, 4) is 17.1 Å². The van der Waals surface area contributed by atoms with Gasteiger partial charge in [0.2, 0.25) is 23.7 Å². The number of ether oxygens (including phenoxy) is 1. The van der Waals surface area contributed by atoms with E-state index in [1.807, 2.05) is 51.4 Å². The van der Waals surface area contributed by atoms with Crippen LogP contribution in [0.4, 0.5) is 27.8 Å². The van der Waals surface area contributed by atoms with Crippen molar-refractivity contribution in [2.24, 2.45) is 7.05 Å². The molecule has 1 aliphatic heterocycles. The second kappa shape index (κ2) is 11.8. The molecule has 1 saturated carbocycles. The van der Waals surface area contributed by atoms with Gasteiger partial charge in [0.05, 0.1) is 23.4 Å². The molecule has 45 heavy (non-hydrogen) atoms. The minimum Gasteiger partial charge on any atom is -0.470 e. The quantitative estimate of drug-likeness (QED) is 0.182. The Kier molecular flexibility index (Phi) is 7.49. The Bertz CT molecular complexity index is 1850. The van der Waals surface area contributed by atoms with Crippen LogP contribution in [-0.2, 0) is 11.8 Å². The van der Waals surface area contributed by atoms with Crippen LogP contribution in [0.5, 0.6) is 5.88 Å². The summed E-state index contributed by atoms with van der Waals surface area (Å²) in [4.78, 5) is 35.9. The van der Waals surface area contributed by atoms with Gasteiger partial charge in [-0.1, -0.05) is 12.1 Å². The number of likely N-dealkylation sites (tertiary alicyclic amines) is 1. The second-order valence-corrected chi connectivity index (χ2v) is 11.6. The predicted octanol–water partition coefficient (Wildman–Crippen LogP) is 4.12. The number of fused-ring (bicyclic) bond motifs is 1. The third-order valence-electron chi connectivity index (χ3n) is 8.02. The first kappa shape index (κ1) is 28.6. The highest BCUT2D eigenvalue weighted by Gasteiger charge is 2.36. The van der Waals surface area contributed by atoms with Gasteiger partial charge in [-0.3, -0.25) is 14.4 Å². The lowest BCUT2D eigenvalue weighted by atomic mass is 10.1. The molecule has 5 heterocycles. The number of aromatic nitrogens is 7. The van der Waals surface area contributed by atoms with E-state index < -0.39 is 12.3 Å². The van der Waals surface area contributed by atoms with E-state index in [1.165, 1.54) is 0 Å². The molecular formula is C31H34FN11O2. The average Bonchev–Trinajstić information content (AvgIpc) is 3.47. The maximum atomic E-state index is 14.9. The molecule has 0 unspecified atom stereocenters. The van der Waals surface area contributed by atoms with Crippen LogP contribution < -0.4 is 20.7 Å². The van der Waals surface area contributed by atoms with Gasteiger partial charge < -0.3 is 25.7 Å². The molecule has 2 atom stereocenters. The van der Waals surface area contributed by atoms with Crippen LogP contribution in [0.2, 0.25) is 0 Å². The molecule has 5 aromatic rings. The first-order valence-electron chi connectivity index (χ1n) is 14.9. The maximum absolute atomic E-state index is 14.9. The largest absolute Gasteiger partial charge is 0.470 e. The van der Waals surface area contributed by atoms with Crippen LogP contribution in [0.25, 0.3) is 22.2 Å². The smallest absolute Gasteiger partial charge is 0.238 e. The number of para-hydroxylation sites is 1. The van der Waals surface area contributed by atoms with Gasteiger partial charge in [0.1, 0.15) is 6.10 Å². The molecule has 7 rings (SSSR count). The van der Waals surface area contributed by atoms with Gasteiger partial charge in [-0.05, 0) is 38.3 Å².